The van der Waals surface area contributed by atoms with Gasteiger partial charge in [0.15, 0.2) is 0 Å². The van der Waals surface area contributed by atoms with Crippen LogP contribution >= 0.6 is 11.6 Å². The number of hydrogen-bond donors (Lipinski definition) is 1. The third-order valence-electron chi connectivity index (χ3n) is 5.03. The Hall–Kier alpha value is -1.56. The van der Waals surface area contributed by atoms with Crippen molar-refractivity contribution in [2.45, 2.75) is 19.3 Å². The molecule has 0 bridgehead atoms. The van der Waals surface area contributed by atoms with Gasteiger partial charge in [-0.25, -0.2) is 4.79 Å². The van der Waals surface area contributed by atoms with Crippen LogP contribution in [0.2, 0.25) is 5.02 Å². The maximum Gasteiger partial charge on any atom is 0.321 e. The van der Waals surface area contributed by atoms with Gasteiger partial charge in [0.25, 0.3) is 0 Å². The molecule has 0 saturated carbocycles. The molecule has 1 aromatic rings. The van der Waals surface area contributed by atoms with Gasteiger partial charge in [0.05, 0.1) is 13.2 Å². The van der Waals surface area contributed by atoms with Crippen LogP contribution in [0, 0.1) is 5.92 Å². The molecule has 0 spiro atoms. The number of nitrogens with one attached hydrogen (secondary N) is 1. The Morgan fingerprint density at radius 1 is 1.23 bits per heavy atom. The van der Waals surface area contributed by atoms with Gasteiger partial charge in [-0.05, 0) is 49.4 Å². The fraction of sp³-hybridized carbons (Fsp3) is 0.550. The highest BCUT2D eigenvalue weighted by Crippen LogP contribution is 2.20. The van der Waals surface area contributed by atoms with Crippen LogP contribution in [-0.4, -0.2) is 61.8 Å². The van der Waals surface area contributed by atoms with Gasteiger partial charge in [-0.3, -0.25) is 4.90 Å². The van der Waals surface area contributed by atoms with Gasteiger partial charge in [-0.1, -0.05) is 23.8 Å². The lowest BCUT2D eigenvalue weighted by Gasteiger charge is -2.32. The molecular formula is C20H28ClN3O2. The lowest BCUT2D eigenvalue weighted by atomic mass is 9.94. The van der Waals surface area contributed by atoms with Crippen LogP contribution in [0.25, 0.3) is 0 Å². The Morgan fingerprint density at radius 3 is 2.69 bits per heavy atom. The number of nitrogens with zero attached hydrogens (tertiary/aromatic N) is 2. The van der Waals surface area contributed by atoms with Crippen LogP contribution < -0.4 is 5.32 Å². The molecule has 1 heterocycles. The molecule has 2 amide bonds. The average Bonchev–Trinajstić information content (AvgIpc) is 2.68. The standard InChI is InChI=1S/C20H28ClN3O2/c21-18-6-8-19(9-7-18)22-20(25)24(16-17-4-2-1-3-5-17)11-10-23-12-14-26-15-13-23/h1-2,6-9,17H,3-5,10-16H2,(H,22,25). The van der Waals surface area contributed by atoms with Crippen molar-refractivity contribution in [1.29, 1.82) is 0 Å². The molecule has 26 heavy (non-hydrogen) atoms. The first-order valence-corrected chi connectivity index (χ1v) is 9.85. The van der Waals surface area contributed by atoms with Crippen LogP contribution in [0.15, 0.2) is 36.4 Å². The summed E-state index contributed by atoms with van der Waals surface area (Å²) in [5.74, 6) is 0.542. The smallest absolute Gasteiger partial charge is 0.321 e. The summed E-state index contributed by atoms with van der Waals surface area (Å²) in [4.78, 5) is 17.2. The number of amides is 2. The molecular weight excluding hydrogens is 350 g/mol. The quantitative estimate of drug-likeness (QED) is 0.765. The van der Waals surface area contributed by atoms with Crippen LogP contribution in [0.5, 0.6) is 0 Å². The number of morpholine rings is 1. The molecule has 2 aliphatic rings. The number of ether oxygens (including phenoxy) is 1. The zero-order chi connectivity index (χ0) is 18.2. The van der Waals surface area contributed by atoms with E-state index >= 15 is 0 Å². The maximum absolute atomic E-state index is 12.9. The third-order valence-corrected chi connectivity index (χ3v) is 5.28. The van der Waals surface area contributed by atoms with Crippen molar-refractivity contribution in [3.63, 3.8) is 0 Å². The molecule has 1 aromatic carbocycles. The van der Waals surface area contributed by atoms with Gasteiger partial charge >= 0.3 is 6.03 Å². The molecule has 1 N–H and O–H groups in total. The normalized spacial score (nSPS) is 20.7. The molecule has 1 unspecified atom stereocenters. The van der Waals surface area contributed by atoms with Gasteiger partial charge in [-0.2, -0.15) is 0 Å². The van der Waals surface area contributed by atoms with Gasteiger partial charge in [-0.15, -0.1) is 0 Å². The molecule has 6 heteroatoms. The van der Waals surface area contributed by atoms with E-state index < -0.39 is 0 Å². The van der Waals surface area contributed by atoms with E-state index in [9.17, 15) is 4.79 Å². The molecule has 1 aliphatic heterocycles. The summed E-state index contributed by atoms with van der Waals surface area (Å²) in [6.45, 7) is 5.88. The SMILES string of the molecule is O=C(Nc1ccc(Cl)cc1)N(CCN1CCOCC1)CC1CC=CCC1. The van der Waals surface area contributed by atoms with E-state index in [4.69, 9.17) is 16.3 Å². The van der Waals surface area contributed by atoms with Crippen molar-refractivity contribution in [3.8, 4) is 0 Å². The summed E-state index contributed by atoms with van der Waals surface area (Å²) in [6, 6.07) is 7.23. The van der Waals surface area contributed by atoms with Crippen LogP contribution in [-0.2, 0) is 4.74 Å². The summed E-state index contributed by atoms with van der Waals surface area (Å²) in [5, 5.41) is 3.68. The van der Waals surface area contributed by atoms with E-state index in [1.165, 1.54) is 0 Å². The van der Waals surface area contributed by atoms with Crippen LogP contribution in [0.3, 0.4) is 0 Å². The van der Waals surface area contributed by atoms with Crippen molar-refractivity contribution in [2.75, 3.05) is 51.3 Å². The lowest BCUT2D eigenvalue weighted by molar-refractivity contribution is 0.0346. The number of hydrogen-bond acceptors (Lipinski definition) is 3. The minimum Gasteiger partial charge on any atom is -0.379 e. The minimum absolute atomic E-state index is 0.0323. The summed E-state index contributed by atoms with van der Waals surface area (Å²) in [5.41, 5.74) is 0.777. The zero-order valence-electron chi connectivity index (χ0n) is 15.2. The van der Waals surface area contributed by atoms with E-state index in [0.717, 1.165) is 70.9 Å². The number of halogens is 1. The van der Waals surface area contributed by atoms with Crippen molar-refractivity contribution < 1.29 is 9.53 Å². The van der Waals surface area contributed by atoms with E-state index in [1.54, 1.807) is 12.1 Å². The van der Waals surface area contributed by atoms with E-state index in [1.807, 2.05) is 17.0 Å². The van der Waals surface area contributed by atoms with Gasteiger partial charge in [0.2, 0.25) is 0 Å². The molecule has 0 radical (unpaired) electrons. The predicted molar refractivity (Wildman–Crippen MR) is 106 cm³/mol. The highest BCUT2D eigenvalue weighted by Gasteiger charge is 2.21. The number of urea groups is 1. The second-order valence-electron chi connectivity index (χ2n) is 6.99. The van der Waals surface area contributed by atoms with Crippen LogP contribution in [0.4, 0.5) is 10.5 Å². The first-order valence-electron chi connectivity index (χ1n) is 9.47. The average molecular weight is 378 g/mol. The first-order chi connectivity index (χ1) is 12.7. The number of carbonyl (C=O) groups excluding carboxylic acids is 1. The van der Waals surface area contributed by atoms with E-state index in [0.29, 0.717) is 10.9 Å². The largest absolute Gasteiger partial charge is 0.379 e. The zero-order valence-corrected chi connectivity index (χ0v) is 16.0. The molecule has 1 atom stereocenters. The lowest BCUT2D eigenvalue weighted by Crippen LogP contribution is -2.45. The first kappa shape index (κ1) is 19.2. The van der Waals surface area contributed by atoms with E-state index in [2.05, 4.69) is 22.4 Å². The van der Waals surface area contributed by atoms with Crippen molar-refractivity contribution >= 4 is 23.3 Å². The Kier molecular flexibility index (Phi) is 7.35. The Labute approximate surface area is 160 Å². The summed E-state index contributed by atoms with van der Waals surface area (Å²) in [6.07, 6.45) is 7.80. The number of benzene rings is 1. The fourth-order valence-corrected chi connectivity index (χ4v) is 3.56. The second-order valence-corrected chi connectivity index (χ2v) is 7.42. The fourth-order valence-electron chi connectivity index (χ4n) is 3.43. The van der Waals surface area contributed by atoms with Crippen LogP contribution in [0.1, 0.15) is 19.3 Å². The molecule has 3 rings (SSSR count). The highest BCUT2D eigenvalue weighted by atomic mass is 35.5. The van der Waals surface area contributed by atoms with Crippen molar-refractivity contribution in [1.82, 2.24) is 9.80 Å². The predicted octanol–water partition coefficient (Wildman–Crippen LogP) is 3.86. The summed E-state index contributed by atoms with van der Waals surface area (Å²) < 4.78 is 5.41. The van der Waals surface area contributed by atoms with Gasteiger partial charge in [0, 0.05) is 43.4 Å². The second kappa shape index (κ2) is 9.95. The van der Waals surface area contributed by atoms with Crippen molar-refractivity contribution in [3.05, 3.63) is 41.4 Å². The van der Waals surface area contributed by atoms with Gasteiger partial charge in [0.1, 0.15) is 0 Å². The number of rotatable bonds is 6. The van der Waals surface area contributed by atoms with E-state index in [-0.39, 0.29) is 6.03 Å². The Morgan fingerprint density at radius 2 is 2.00 bits per heavy atom. The monoisotopic (exact) mass is 377 g/mol. The molecule has 1 saturated heterocycles. The summed E-state index contributed by atoms with van der Waals surface area (Å²) >= 11 is 5.93. The maximum atomic E-state index is 12.9. The van der Waals surface area contributed by atoms with Gasteiger partial charge < -0.3 is 15.0 Å². The Balaban J connectivity index is 1.59. The minimum atomic E-state index is -0.0323. The Bertz CT molecular complexity index is 600. The number of anilines is 1. The van der Waals surface area contributed by atoms with Crippen molar-refractivity contribution in [2.24, 2.45) is 5.92 Å². The summed E-state index contributed by atoms with van der Waals surface area (Å²) in [7, 11) is 0. The molecule has 0 aromatic heterocycles. The number of allylic oxidation sites excluding steroid dienone is 2. The molecule has 142 valence electrons. The highest BCUT2D eigenvalue weighted by molar-refractivity contribution is 6.30. The molecule has 5 nitrogen and oxygen atoms in total. The third kappa shape index (κ3) is 6.01. The molecule has 1 aliphatic carbocycles. The number of carbonyl (C=O) groups is 1. The molecule has 1 fully saturated rings. The topological polar surface area (TPSA) is 44.8 Å².